The average molecular weight is 123 g/mol. The van der Waals surface area contributed by atoms with E-state index >= 15 is 0 Å². The molecular weight excluding hydrogens is 114 g/mol. The Balaban J connectivity index is 2.34. The summed E-state index contributed by atoms with van der Waals surface area (Å²) in [6, 6.07) is 0. The molecule has 0 rings (SSSR count). The third-order valence-corrected chi connectivity index (χ3v) is 1.14. The first kappa shape index (κ1) is 6.66. The lowest BCUT2D eigenvalue weighted by atomic mass is 10.5. The Hall–Kier alpha value is 0.660. The average Bonchev–Trinajstić information content (AvgIpc) is 1.61. The Morgan fingerprint density at radius 3 is 2.67 bits per heavy atom. The maximum absolute atomic E-state index is 3.86. The van der Waals surface area contributed by atoms with Crippen LogP contribution in [-0.2, 0) is 0 Å². The highest BCUT2D eigenvalue weighted by molar-refractivity contribution is 8.67. The molecular formula is C3H9NS2. The van der Waals surface area contributed by atoms with Gasteiger partial charge in [0.1, 0.15) is 0 Å². The Morgan fingerprint density at radius 1 is 1.83 bits per heavy atom. The van der Waals surface area contributed by atoms with Crippen molar-refractivity contribution in [3.8, 4) is 0 Å². The molecule has 0 fully saturated rings. The van der Waals surface area contributed by atoms with Crippen molar-refractivity contribution in [2.24, 2.45) is 0 Å². The summed E-state index contributed by atoms with van der Waals surface area (Å²) < 4.78 is 2.98. The zero-order chi connectivity index (χ0) is 4.83. The van der Waals surface area contributed by atoms with Crippen molar-refractivity contribution in [2.45, 2.75) is 13.3 Å². The highest BCUT2D eigenvalue weighted by Crippen LogP contribution is 1.95. The van der Waals surface area contributed by atoms with Crippen LogP contribution in [0.25, 0.3) is 0 Å². The highest BCUT2D eigenvalue weighted by Gasteiger charge is 1.72. The second-order valence-electron chi connectivity index (χ2n) is 0.986. The third-order valence-electron chi connectivity index (χ3n) is 0.417. The van der Waals surface area contributed by atoms with Crippen LogP contribution in [0.5, 0.6) is 0 Å². The van der Waals surface area contributed by atoms with Crippen LogP contribution in [0.15, 0.2) is 0 Å². The molecule has 0 aromatic carbocycles. The molecule has 0 aliphatic rings. The molecule has 0 unspecified atom stereocenters. The van der Waals surface area contributed by atoms with E-state index in [4.69, 9.17) is 0 Å². The second-order valence-corrected chi connectivity index (χ2v) is 2.00. The molecule has 0 heterocycles. The minimum absolute atomic E-state index is 1.05. The summed E-state index contributed by atoms with van der Waals surface area (Å²) >= 11 is 3.86. The minimum Gasteiger partial charge on any atom is -0.255 e. The molecule has 38 valence electrons. The van der Waals surface area contributed by atoms with Crippen molar-refractivity contribution in [2.75, 3.05) is 6.54 Å². The lowest BCUT2D eigenvalue weighted by molar-refractivity contribution is 0.882. The largest absolute Gasteiger partial charge is 0.255 e. The first-order valence-corrected chi connectivity index (χ1v) is 3.82. The van der Waals surface area contributed by atoms with Gasteiger partial charge < -0.3 is 0 Å². The summed E-state index contributed by atoms with van der Waals surface area (Å²) in [4.78, 5) is 0. The Bertz CT molecular complexity index is 20.8. The van der Waals surface area contributed by atoms with Gasteiger partial charge in [0.2, 0.25) is 0 Å². The van der Waals surface area contributed by atoms with Gasteiger partial charge in [-0.05, 0) is 17.4 Å². The smallest absolute Gasteiger partial charge is 0.00636 e. The van der Waals surface area contributed by atoms with E-state index < -0.39 is 0 Å². The molecule has 1 nitrogen and oxygen atoms in total. The predicted octanol–water partition coefficient (Wildman–Crippen LogP) is 1.48. The first-order chi connectivity index (χ1) is 2.91. The van der Waals surface area contributed by atoms with Crippen LogP contribution in [0.2, 0.25) is 0 Å². The summed E-state index contributed by atoms with van der Waals surface area (Å²) in [7, 11) is 1.37. The molecule has 1 N–H and O–H groups in total. The van der Waals surface area contributed by atoms with Gasteiger partial charge in [-0.1, -0.05) is 18.6 Å². The SMILES string of the molecule is CCCNSS. The van der Waals surface area contributed by atoms with Crippen LogP contribution in [0.4, 0.5) is 0 Å². The zero-order valence-corrected chi connectivity index (χ0v) is 5.48. The van der Waals surface area contributed by atoms with Crippen molar-refractivity contribution in [3.05, 3.63) is 0 Å². The number of hydrogen-bond acceptors (Lipinski definition) is 3. The van der Waals surface area contributed by atoms with Crippen molar-refractivity contribution in [1.82, 2.24) is 4.72 Å². The lowest BCUT2D eigenvalue weighted by Crippen LogP contribution is -1.99. The number of thiol groups is 1. The topological polar surface area (TPSA) is 12.0 Å². The van der Waals surface area contributed by atoms with E-state index in [1.165, 1.54) is 17.4 Å². The van der Waals surface area contributed by atoms with E-state index in [0.717, 1.165) is 6.54 Å². The summed E-state index contributed by atoms with van der Waals surface area (Å²) in [6.07, 6.45) is 1.17. The van der Waals surface area contributed by atoms with Crippen LogP contribution in [0.3, 0.4) is 0 Å². The van der Waals surface area contributed by atoms with E-state index in [-0.39, 0.29) is 0 Å². The second kappa shape index (κ2) is 5.66. The molecule has 0 aliphatic heterocycles. The monoisotopic (exact) mass is 123 g/mol. The zero-order valence-electron chi connectivity index (χ0n) is 3.77. The van der Waals surface area contributed by atoms with Gasteiger partial charge >= 0.3 is 0 Å². The fourth-order valence-electron chi connectivity index (χ4n) is 0.148. The molecule has 0 radical (unpaired) electrons. The van der Waals surface area contributed by atoms with Gasteiger partial charge in [0.25, 0.3) is 0 Å². The summed E-state index contributed by atoms with van der Waals surface area (Å²) in [5.41, 5.74) is 0. The predicted molar refractivity (Wildman–Crippen MR) is 34.9 cm³/mol. The fraction of sp³-hybridized carbons (Fsp3) is 1.00. The summed E-state index contributed by atoms with van der Waals surface area (Å²) in [5, 5.41) is 0. The van der Waals surface area contributed by atoms with Crippen LogP contribution in [0.1, 0.15) is 13.3 Å². The molecule has 0 aliphatic carbocycles. The van der Waals surface area contributed by atoms with Gasteiger partial charge in [0.15, 0.2) is 0 Å². The van der Waals surface area contributed by atoms with Crippen molar-refractivity contribution in [1.29, 1.82) is 0 Å². The molecule has 6 heavy (non-hydrogen) atoms. The first-order valence-electron chi connectivity index (χ1n) is 1.95. The molecule has 0 saturated carbocycles. The van der Waals surface area contributed by atoms with Crippen molar-refractivity contribution in [3.63, 3.8) is 0 Å². The van der Waals surface area contributed by atoms with Crippen molar-refractivity contribution >= 4 is 22.6 Å². The minimum atomic E-state index is 1.05. The molecule has 3 heteroatoms. The van der Waals surface area contributed by atoms with E-state index in [0.29, 0.717) is 0 Å². The maximum Gasteiger partial charge on any atom is 0.00636 e. The van der Waals surface area contributed by atoms with Crippen LogP contribution < -0.4 is 4.72 Å². The van der Waals surface area contributed by atoms with Crippen molar-refractivity contribution < 1.29 is 0 Å². The van der Waals surface area contributed by atoms with Gasteiger partial charge in [-0.15, -0.1) is 0 Å². The van der Waals surface area contributed by atoms with Crippen LogP contribution >= 0.6 is 22.6 Å². The molecule has 0 saturated heterocycles. The van der Waals surface area contributed by atoms with Gasteiger partial charge in [-0.25, -0.2) is 0 Å². The van der Waals surface area contributed by atoms with E-state index in [1.54, 1.807) is 0 Å². The molecule has 0 aromatic rings. The fourth-order valence-corrected chi connectivity index (χ4v) is 0.717. The van der Waals surface area contributed by atoms with Gasteiger partial charge in [0.05, 0.1) is 0 Å². The molecule has 0 aromatic heterocycles. The van der Waals surface area contributed by atoms with Crippen LogP contribution in [0, 0.1) is 0 Å². The van der Waals surface area contributed by atoms with Gasteiger partial charge in [-0.2, -0.15) is 0 Å². The highest BCUT2D eigenvalue weighted by atomic mass is 33.1. The van der Waals surface area contributed by atoms with Gasteiger partial charge in [0, 0.05) is 6.54 Å². The quantitative estimate of drug-likeness (QED) is 0.255. The Morgan fingerprint density at radius 2 is 2.50 bits per heavy atom. The van der Waals surface area contributed by atoms with E-state index in [9.17, 15) is 0 Å². The molecule has 0 spiro atoms. The lowest BCUT2D eigenvalue weighted by Gasteiger charge is -1.89. The standard InChI is InChI=1S/C3H9NS2/c1-2-3-4-6-5/h4-5H,2-3H2,1H3. The maximum atomic E-state index is 3.86. The molecule has 0 atom stereocenters. The van der Waals surface area contributed by atoms with E-state index in [2.05, 4.69) is 23.3 Å². The number of hydrogen-bond donors (Lipinski definition) is 2. The molecule has 0 amide bonds. The van der Waals surface area contributed by atoms with Crippen LogP contribution in [-0.4, -0.2) is 6.54 Å². The van der Waals surface area contributed by atoms with Gasteiger partial charge in [-0.3, -0.25) is 4.72 Å². The summed E-state index contributed by atoms with van der Waals surface area (Å²) in [5.74, 6) is 0. The summed E-state index contributed by atoms with van der Waals surface area (Å²) in [6.45, 7) is 3.17. The third kappa shape index (κ3) is 4.66. The Labute approximate surface area is 47.8 Å². The number of rotatable bonds is 3. The normalized spacial score (nSPS) is 9.00. The van der Waals surface area contributed by atoms with E-state index in [1.807, 2.05) is 0 Å². The number of nitrogens with one attached hydrogen (secondary N) is 1. The Kier molecular flexibility index (Phi) is 6.28. The molecule has 0 bridgehead atoms.